The Hall–Kier alpha value is -3.16. The molecule has 0 bridgehead atoms. The van der Waals surface area contributed by atoms with Gasteiger partial charge in [-0.15, -0.1) is 0 Å². The largest absolute Gasteiger partial charge is 0.497 e. The van der Waals surface area contributed by atoms with Crippen LogP contribution in [0.15, 0.2) is 39.9 Å². The Morgan fingerprint density at radius 3 is 2.72 bits per heavy atom. The van der Waals surface area contributed by atoms with E-state index in [1.54, 1.807) is 38.3 Å². The van der Waals surface area contributed by atoms with Gasteiger partial charge in [0.2, 0.25) is 0 Å². The van der Waals surface area contributed by atoms with E-state index < -0.39 is 0 Å². The molecule has 2 aromatic heterocycles. The van der Waals surface area contributed by atoms with E-state index in [1.165, 1.54) is 10.9 Å². The van der Waals surface area contributed by atoms with Crippen molar-refractivity contribution >= 4 is 17.1 Å². The summed E-state index contributed by atoms with van der Waals surface area (Å²) >= 11 is 0. The third-order valence-electron chi connectivity index (χ3n) is 3.69. The second kappa shape index (κ2) is 7.16. The number of fused-ring (bicyclic) bond motifs is 1. The summed E-state index contributed by atoms with van der Waals surface area (Å²) in [5.41, 5.74) is 0.951. The number of nitrogens with zero attached hydrogens (tertiary/aromatic N) is 3. The fraction of sp³-hybridized carbons (Fsp3) is 0.294. The predicted octanol–water partition coefficient (Wildman–Crippen LogP) is 2.01. The van der Waals surface area contributed by atoms with Gasteiger partial charge in [-0.05, 0) is 31.2 Å². The molecule has 0 saturated heterocycles. The third-order valence-corrected chi connectivity index (χ3v) is 3.69. The molecule has 0 unspecified atom stereocenters. The van der Waals surface area contributed by atoms with Crippen LogP contribution >= 0.6 is 0 Å². The van der Waals surface area contributed by atoms with Gasteiger partial charge in [-0.1, -0.05) is 5.16 Å². The van der Waals surface area contributed by atoms with Gasteiger partial charge in [-0.25, -0.2) is 4.98 Å². The molecule has 0 aliphatic heterocycles. The standard InChI is InChI=1S/C17H17N3O5/c1-3-24-13(21)8-9-20-10-18-16-14(17(20)22)15(19-25-16)11-4-6-12(23-2)7-5-11/h4-7,10H,3,8-9H2,1-2H3. The molecular formula is C17H17N3O5. The minimum atomic E-state index is -0.366. The molecule has 0 aliphatic carbocycles. The van der Waals surface area contributed by atoms with Crippen LogP contribution in [0.5, 0.6) is 5.75 Å². The molecule has 0 spiro atoms. The minimum absolute atomic E-state index is 0.0874. The lowest BCUT2D eigenvalue weighted by Gasteiger charge is -2.05. The molecule has 3 aromatic rings. The number of methoxy groups -OCH3 is 1. The predicted molar refractivity (Wildman–Crippen MR) is 89.3 cm³/mol. The van der Waals surface area contributed by atoms with Crippen molar-refractivity contribution in [2.45, 2.75) is 19.9 Å². The van der Waals surface area contributed by atoms with Crippen LogP contribution in [0.3, 0.4) is 0 Å². The number of carbonyl (C=O) groups is 1. The maximum Gasteiger partial charge on any atom is 0.307 e. The molecule has 3 rings (SSSR count). The molecule has 0 amide bonds. The summed E-state index contributed by atoms with van der Waals surface area (Å²) in [6, 6.07) is 7.11. The zero-order valence-corrected chi connectivity index (χ0v) is 13.9. The average Bonchev–Trinajstić information content (AvgIpc) is 3.06. The van der Waals surface area contributed by atoms with Crippen molar-refractivity contribution in [2.24, 2.45) is 0 Å². The molecule has 25 heavy (non-hydrogen) atoms. The number of aromatic nitrogens is 3. The molecule has 0 fully saturated rings. The number of carbonyl (C=O) groups excluding carboxylic acids is 1. The Balaban J connectivity index is 1.96. The number of ether oxygens (including phenoxy) is 2. The molecule has 8 nitrogen and oxygen atoms in total. The normalized spacial score (nSPS) is 10.8. The van der Waals surface area contributed by atoms with E-state index in [9.17, 15) is 9.59 Å². The highest BCUT2D eigenvalue weighted by Crippen LogP contribution is 2.26. The van der Waals surface area contributed by atoms with Gasteiger partial charge in [-0.2, -0.15) is 0 Å². The number of esters is 1. The molecule has 0 aliphatic rings. The van der Waals surface area contributed by atoms with Gasteiger partial charge in [0.1, 0.15) is 23.2 Å². The van der Waals surface area contributed by atoms with E-state index in [0.29, 0.717) is 23.6 Å². The Bertz CT molecular complexity index is 943. The van der Waals surface area contributed by atoms with Gasteiger partial charge in [-0.3, -0.25) is 14.2 Å². The summed E-state index contributed by atoms with van der Waals surface area (Å²) in [6.45, 7) is 2.21. The zero-order chi connectivity index (χ0) is 17.8. The molecule has 2 heterocycles. The number of benzene rings is 1. The Kier molecular flexibility index (Phi) is 4.78. The quantitative estimate of drug-likeness (QED) is 0.632. The zero-order valence-electron chi connectivity index (χ0n) is 13.9. The highest BCUT2D eigenvalue weighted by Gasteiger charge is 2.17. The molecule has 0 atom stereocenters. The molecule has 0 radical (unpaired) electrons. The first-order valence-corrected chi connectivity index (χ1v) is 7.79. The van der Waals surface area contributed by atoms with Crippen LogP contribution in [-0.4, -0.2) is 34.4 Å². The first-order valence-electron chi connectivity index (χ1n) is 7.79. The molecule has 0 N–H and O–H groups in total. The highest BCUT2D eigenvalue weighted by atomic mass is 16.5. The smallest absolute Gasteiger partial charge is 0.307 e. The number of rotatable bonds is 6. The van der Waals surface area contributed by atoms with Crippen LogP contribution in [0.1, 0.15) is 13.3 Å². The first kappa shape index (κ1) is 16.7. The van der Waals surface area contributed by atoms with Crippen LogP contribution < -0.4 is 10.3 Å². The monoisotopic (exact) mass is 343 g/mol. The van der Waals surface area contributed by atoms with E-state index in [2.05, 4.69) is 10.1 Å². The molecule has 0 saturated carbocycles. The van der Waals surface area contributed by atoms with Gasteiger partial charge < -0.3 is 14.0 Å². The third kappa shape index (κ3) is 3.37. The van der Waals surface area contributed by atoms with E-state index in [4.69, 9.17) is 14.0 Å². The van der Waals surface area contributed by atoms with Crippen LogP contribution in [0.4, 0.5) is 0 Å². The summed E-state index contributed by atoms with van der Waals surface area (Å²) in [6.07, 6.45) is 1.43. The topological polar surface area (TPSA) is 96.5 Å². The van der Waals surface area contributed by atoms with Crippen LogP contribution in [0.2, 0.25) is 0 Å². The van der Waals surface area contributed by atoms with Crippen molar-refractivity contribution in [3.63, 3.8) is 0 Å². The number of aryl methyl sites for hydroxylation is 1. The lowest BCUT2D eigenvalue weighted by Crippen LogP contribution is -2.22. The Morgan fingerprint density at radius 1 is 1.28 bits per heavy atom. The van der Waals surface area contributed by atoms with Gasteiger partial charge in [0.05, 0.1) is 20.1 Å². The SMILES string of the molecule is CCOC(=O)CCn1cnc2onc(-c3ccc(OC)cc3)c2c1=O. The van der Waals surface area contributed by atoms with Crippen molar-refractivity contribution in [2.75, 3.05) is 13.7 Å². The minimum Gasteiger partial charge on any atom is -0.497 e. The van der Waals surface area contributed by atoms with Gasteiger partial charge in [0.15, 0.2) is 0 Å². The van der Waals surface area contributed by atoms with E-state index >= 15 is 0 Å². The number of hydrogen-bond acceptors (Lipinski definition) is 7. The summed E-state index contributed by atoms with van der Waals surface area (Å²) in [7, 11) is 1.58. The van der Waals surface area contributed by atoms with Crippen LogP contribution in [-0.2, 0) is 16.1 Å². The highest BCUT2D eigenvalue weighted by molar-refractivity contribution is 5.88. The second-order valence-corrected chi connectivity index (χ2v) is 5.24. The maximum atomic E-state index is 12.7. The Morgan fingerprint density at radius 2 is 2.04 bits per heavy atom. The number of hydrogen-bond donors (Lipinski definition) is 0. The van der Waals surface area contributed by atoms with Crippen molar-refractivity contribution in [3.8, 4) is 17.0 Å². The van der Waals surface area contributed by atoms with Gasteiger partial charge in [0, 0.05) is 12.1 Å². The summed E-state index contributed by atoms with van der Waals surface area (Å²) in [5.74, 6) is 0.330. The molecular weight excluding hydrogens is 326 g/mol. The second-order valence-electron chi connectivity index (χ2n) is 5.24. The fourth-order valence-corrected chi connectivity index (χ4v) is 2.43. The lowest BCUT2D eigenvalue weighted by molar-refractivity contribution is -0.143. The molecule has 1 aromatic carbocycles. The average molecular weight is 343 g/mol. The maximum absolute atomic E-state index is 12.7. The van der Waals surface area contributed by atoms with Crippen molar-refractivity contribution in [1.82, 2.24) is 14.7 Å². The van der Waals surface area contributed by atoms with Gasteiger partial charge >= 0.3 is 5.97 Å². The lowest BCUT2D eigenvalue weighted by atomic mass is 10.1. The van der Waals surface area contributed by atoms with Crippen LogP contribution in [0, 0.1) is 0 Å². The van der Waals surface area contributed by atoms with E-state index in [0.717, 1.165) is 0 Å². The summed E-state index contributed by atoms with van der Waals surface area (Å²) in [4.78, 5) is 28.3. The summed E-state index contributed by atoms with van der Waals surface area (Å²) in [5, 5.41) is 4.24. The summed E-state index contributed by atoms with van der Waals surface area (Å²) < 4.78 is 16.5. The first-order chi connectivity index (χ1) is 12.1. The molecule has 130 valence electrons. The molecule has 8 heteroatoms. The van der Waals surface area contributed by atoms with Crippen LogP contribution in [0.25, 0.3) is 22.4 Å². The Labute approximate surface area is 143 Å². The van der Waals surface area contributed by atoms with Crippen molar-refractivity contribution < 1.29 is 18.8 Å². The van der Waals surface area contributed by atoms with Crippen molar-refractivity contribution in [1.29, 1.82) is 0 Å². The van der Waals surface area contributed by atoms with Gasteiger partial charge in [0.25, 0.3) is 11.3 Å². The van der Waals surface area contributed by atoms with E-state index in [-0.39, 0.29) is 35.6 Å². The fourth-order valence-electron chi connectivity index (χ4n) is 2.43. The van der Waals surface area contributed by atoms with Crippen molar-refractivity contribution in [3.05, 3.63) is 40.9 Å². The van der Waals surface area contributed by atoms with E-state index in [1.807, 2.05) is 0 Å².